The lowest BCUT2D eigenvalue weighted by molar-refractivity contribution is 0.0699. The van der Waals surface area contributed by atoms with Gasteiger partial charge in [0.1, 0.15) is 11.5 Å². The van der Waals surface area contributed by atoms with Crippen molar-refractivity contribution in [2.75, 3.05) is 0 Å². The SMILES string of the molecule is O=C(O)c1cc(C=Cc2ccc(-c3ccc(Br)cc3)o2)nc2ccc(Cl)cc12. The van der Waals surface area contributed by atoms with Crippen LogP contribution in [-0.4, -0.2) is 16.1 Å². The summed E-state index contributed by atoms with van der Waals surface area (Å²) in [5.74, 6) is 0.368. The first-order valence-corrected chi connectivity index (χ1v) is 9.54. The first-order chi connectivity index (χ1) is 13.5. The molecule has 4 rings (SSSR count). The van der Waals surface area contributed by atoms with Crippen LogP contribution in [0.15, 0.2) is 69.6 Å². The Balaban J connectivity index is 1.66. The van der Waals surface area contributed by atoms with Gasteiger partial charge in [-0.2, -0.15) is 0 Å². The van der Waals surface area contributed by atoms with Gasteiger partial charge in [-0.05, 0) is 60.7 Å². The molecule has 0 atom stereocenters. The molecule has 4 nitrogen and oxygen atoms in total. The number of rotatable bonds is 4. The quantitative estimate of drug-likeness (QED) is 0.369. The highest BCUT2D eigenvalue weighted by Gasteiger charge is 2.11. The first kappa shape index (κ1) is 18.5. The second-order valence-electron chi connectivity index (χ2n) is 6.10. The second kappa shape index (κ2) is 7.62. The van der Waals surface area contributed by atoms with E-state index in [1.165, 1.54) is 6.07 Å². The largest absolute Gasteiger partial charge is 0.478 e. The van der Waals surface area contributed by atoms with E-state index in [4.69, 9.17) is 16.0 Å². The Labute approximate surface area is 174 Å². The smallest absolute Gasteiger partial charge is 0.336 e. The van der Waals surface area contributed by atoms with Gasteiger partial charge < -0.3 is 9.52 Å². The highest BCUT2D eigenvalue weighted by atomic mass is 79.9. The van der Waals surface area contributed by atoms with Crippen LogP contribution in [0.4, 0.5) is 0 Å². The normalized spacial score (nSPS) is 11.4. The molecule has 0 saturated heterocycles. The zero-order valence-electron chi connectivity index (χ0n) is 14.4. The molecule has 0 aliphatic carbocycles. The van der Waals surface area contributed by atoms with E-state index in [9.17, 15) is 9.90 Å². The van der Waals surface area contributed by atoms with Gasteiger partial charge in [0.2, 0.25) is 0 Å². The van der Waals surface area contributed by atoms with E-state index in [0.29, 0.717) is 27.4 Å². The third-order valence-electron chi connectivity index (χ3n) is 4.19. The van der Waals surface area contributed by atoms with Gasteiger partial charge in [0.15, 0.2) is 0 Å². The van der Waals surface area contributed by atoms with Gasteiger partial charge in [-0.25, -0.2) is 9.78 Å². The highest BCUT2D eigenvalue weighted by Crippen LogP contribution is 2.26. The fraction of sp³-hybridized carbons (Fsp3) is 0. The molecule has 28 heavy (non-hydrogen) atoms. The molecule has 0 aliphatic rings. The van der Waals surface area contributed by atoms with Crippen molar-refractivity contribution < 1.29 is 14.3 Å². The zero-order chi connectivity index (χ0) is 19.7. The predicted octanol–water partition coefficient (Wildman–Crippen LogP) is 6.78. The number of benzene rings is 2. The molecular formula is C22H13BrClNO3. The number of fused-ring (bicyclic) bond motifs is 1. The number of halogens is 2. The van der Waals surface area contributed by atoms with E-state index < -0.39 is 5.97 Å². The van der Waals surface area contributed by atoms with Crippen molar-refractivity contribution in [1.82, 2.24) is 4.98 Å². The number of aromatic nitrogens is 1. The number of hydrogen-bond acceptors (Lipinski definition) is 3. The summed E-state index contributed by atoms with van der Waals surface area (Å²) in [7, 11) is 0. The van der Waals surface area contributed by atoms with E-state index in [1.54, 1.807) is 30.4 Å². The minimum Gasteiger partial charge on any atom is -0.478 e. The maximum atomic E-state index is 11.6. The molecule has 4 aromatic rings. The molecule has 2 heterocycles. The van der Waals surface area contributed by atoms with Crippen molar-refractivity contribution >= 4 is 56.6 Å². The molecule has 2 aromatic heterocycles. The van der Waals surface area contributed by atoms with Crippen molar-refractivity contribution in [3.8, 4) is 11.3 Å². The van der Waals surface area contributed by atoms with E-state index in [2.05, 4.69) is 20.9 Å². The van der Waals surface area contributed by atoms with Gasteiger partial charge in [-0.15, -0.1) is 0 Å². The lowest BCUT2D eigenvalue weighted by Crippen LogP contribution is -2.00. The Morgan fingerprint density at radius 2 is 1.82 bits per heavy atom. The zero-order valence-corrected chi connectivity index (χ0v) is 16.7. The highest BCUT2D eigenvalue weighted by molar-refractivity contribution is 9.10. The first-order valence-electron chi connectivity index (χ1n) is 8.37. The molecule has 0 spiro atoms. The Bertz CT molecular complexity index is 1210. The molecule has 0 radical (unpaired) electrons. The van der Waals surface area contributed by atoms with Crippen LogP contribution in [0.3, 0.4) is 0 Å². The summed E-state index contributed by atoms with van der Waals surface area (Å²) in [5.41, 5.74) is 2.21. The number of pyridine rings is 1. The van der Waals surface area contributed by atoms with Crippen LogP contribution in [0.25, 0.3) is 34.4 Å². The van der Waals surface area contributed by atoms with Crippen LogP contribution < -0.4 is 0 Å². The Morgan fingerprint density at radius 3 is 2.57 bits per heavy atom. The standard InChI is InChI=1S/C22H13BrClNO3/c23-14-3-1-13(2-4-14)21-10-8-17(28-21)7-6-16-12-19(22(26)27)18-11-15(24)5-9-20(18)25-16/h1-12H,(H,26,27). The molecule has 0 bridgehead atoms. The fourth-order valence-electron chi connectivity index (χ4n) is 2.86. The van der Waals surface area contributed by atoms with Gasteiger partial charge in [0.05, 0.1) is 16.8 Å². The van der Waals surface area contributed by atoms with Gasteiger partial charge in [0, 0.05) is 20.4 Å². The van der Waals surface area contributed by atoms with Crippen LogP contribution in [0, 0.1) is 0 Å². The van der Waals surface area contributed by atoms with Crippen LogP contribution in [-0.2, 0) is 0 Å². The topological polar surface area (TPSA) is 63.3 Å². The monoisotopic (exact) mass is 453 g/mol. The van der Waals surface area contributed by atoms with Crippen molar-refractivity contribution in [2.45, 2.75) is 0 Å². The summed E-state index contributed by atoms with van der Waals surface area (Å²) >= 11 is 9.40. The van der Waals surface area contributed by atoms with Crippen molar-refractivity contribution in [3.63, 3.8) is 0 Å². The Hall–Kier alpha value is -2.89. The molecule has 0 saturated carbocycles. The maximum Gasteiger partial charge on any atom is 0.336 e. The second-order valence-corrected chi connectivity index (χ2v) is 7.46. The summed E-state index contributed by atoms with van der Waals surface area (Å²) in [6.07, 6.45) is 3.49. The average Bonchev–Trinajstić information content (AvgIpc) is 3.15. The molecule has 0 amide bonds. The molecule has 6 heteroatoms. The number of carboxylic acids is 1. The third-order valence-corrected chi connectivity index (χ3v) is 4.96. The average molecular weight is 455 g/mol. The molecule has 2 aromatic carbocycles. The van der Waals surface area contributed by atoms with Crippen molar-refractivity contribution in [2.24, 2.45) is 0 Å². The number of aromatic carboxylic acids is 1. The summed E-state index contributed by atoms with van der Waals surface area (Å²) in [4.78, 5) is 16.1. The fourth-order valence-corrected chi connectivity index (χ4v) is 3.30. The lowest BCUT2D eigenvalue weighted by Gasteiger charge is -2.04. The van der Waals surface area contributed by atoms with Gasteiger partial charge in [-0.1, -0.05) is 39.7 Å². The number of furan rings is 1. The van der Waals surface area contributed by atoms with Crippen LogP contribution >= 0.6 is 27.5 Å². The number of hydrogen-bond donors (Lipinski definition) is 1. The van der Waals surface area contributed by atoms with E-state index in [-0.39, 0.29) is 5.56 Å². The minimum atomic E-state index is -1.03. The summed E-state index contributed by atoms with van der Waals surface area (Å²) in [6.45, 7) is 0. The van der Waals surface area contributed by atoms with E-state index >= 15 is 0 Å². The van der Waals surface area contributed by atoms with E-state index in [1.807, 2.05) is 36.4 Å². The predicted molar refractivity (Wildman–Crippen MR) is 114 cm³/mol. The third kappa shape index (κ3) is 3.86. The van der Waals surface area contributed by atoms with Crippen molar-refractivity contribution in [3.05, 3.63) is 87.2 Å². The molecule has 138 valence electrons. The number of nitrogens with zero attached hydrogens (tertiary/aromatic N) is 1. The molecule has 0 unspecified atom stereocenters. The minimum absolute atomic E-state index is 0.155. The Kier molecular flexibility index (Phi) is 5.03. The molecular weight excluding hydrogens is 442 g/mol. The Morgan fingerprint density at radius 1 is 1.04 bits per heavy atom. The molecule has 1 N–H and O–H groups in total. The number of carbonyl (C=O) groups is 1. The van der Waals surface area contributed by atoms with Gasteiger partial charge >= 0.3 is 5.97 Å². The van der Waals surface area contributed by atoms with Crippen molar-refractivity contribution in [1.29, 1.82) is 0 Å². The number of carboxylic acid groups (broad SMARTS) is 1. The molecule has 0 fully saturated rings. The summed E-state index contributed by atoms with van der Waals surface area (Å²) in [6, 6.07) is 18.1. The maximum absolute atomic E-state index is 11.6. The summed E-state index contributed by atoms with van der Waals surface area (Å²) in [5, 5.41) is 10.5. The lowest BCUT2D eigenvalue weighted by atomic mass is 10.1. The van der Waals surface area contributed by atoms with Crippen LogP contribution in [0.1, 0.15) is 21.8 Å². The van der Waals surface area contributed by atoms with Gasteiger partial charge in [-0.3, -0.25) is 0 Å². The molecule has 0 aliphatic heterocycles. The van der Waals surface area contributed by atoms with E-state index in [0.717, 1.165) is 15.8 Å². The van der Waals surface area contributed by atoms with Gasteiger partial charge in [0.25, 0.3) is 0 Å². The van der Waals surface area contributed by atoms with Crippen LogP contribution in [0.5, 0.6) is 0 Å². The summed E-state index contributed by atoms with van der Waals surface area (Å²) < 4.78 is 6.85. The van der Waals surface area contributed by atoms with Crippen LogP contribution in [0.2, 0.25) is 5.02 Å².